The van der Waals surface area contributed by atoms with E-state index in [1.165, 1.54) is 0 Å². The maximum absolute atomic E-state index is 6.07. The molecule has 0 fully saturated rings. The fourth-order valence-corrected chi connectivity index (χ4v) is 1.44. The largest absolute Gasteiger partial charge is 0.398 e. The molecule has 0 unspecified atom stereocenters. The number of hydrogen-bond donors (Lipinski definition) is 1. The van der Waals surface area contributed by atoms with Crippen molar-refractivity contribution in [3.8, 4) is 0 Å². The average Bonchev–Trinajstić information content (AvgIpc) is 2.28. The average molecular weight is 211 g/mol. The third-order valence-corrected chi connectivity index (χ3v) is 2.48. The van der Waals surface area contributed by atoms with Crippen molar-refractivity contribution in [1.82, 2.24) is 0 Å². The summed E-state index contributed by atoms with van der Waals surface area (Å²) in [5.74, 6) is 0. The number of rotatable bonds is 3. The highest BCUT2D eigenvalue weighted by molar-refractivity contribution is 5.67. The molecule has 0 spiro atoms. The van der Waals surface area contributed by atoms with Gasteiger partial charge >= 0.3 is 0 Å². The minimum Gasteiger partial charge on any atom is -0.398 e. The topological polar surface area (TPSA) is 26.0 Å². The van der Waals surface area contributed by atoms with Gasteiger partial charge in [-0.3, -0.25) is 0 Å². The van der Waals surface area contributed by atoms with Gasteiger partial charge in [-0.1, -0.05) is 56.2 Å². The van der Waals surface area contributed by atoms with Crippen molar-refractivity contribution in [2.24, 2.45) is 5.73 Å². The molecule has 16 heavy (non-hydrogen) atoms. The smallest absolute Gasteiger partial charge is 0.0463 e. The first-order valence-electron chi connectivity index (χ1n) is 5.10. The standard InChI is InChI=1S/C15H17N/c1-5-8-11(2)13(4)15(16)14-10-7-6-9-12(14)3/h5-10H,1,3-4,16H2,2H3/b11-8-,15-14+. The SMILES string of the molecule is C=C/C=C(/C)C(=C)/C(N)=c1/ccccc1=C. The first kappa shape index (κ1) is 12.1. The highest BCUT2D eigenvalue weighted by Gasteiger charge is 2.00. The second kappa shape index (κ2) is 5.17. The monoisotopic (exact) mass is 211 g/mol. The first-order chi connectivity index (χ1) is 7.57. The highest BCUT2D eigenvalue weighted by Crippen LogP contribution is 2.12. The Morgan fingerprint density at radius 1 is 1.31 bits per heavy atom. The van der Waals surface area contributed by atoms with E-state index >= 15 is 0 Å². The van der Waals surface area contributed by atoms with Crippen LogP contribution in [0, 0.1) is 0 Å². The fraction of sp³-hybridized carbons (Fsp3) is 0.0667. The lowest BCUT2D eigenvalue weighted by atomic mass is 10.0. The molecule has 0 saturated heterocycles. The van der Waals surface area contributed by atoms with Crippen LogP contribution >= 0.6 is 0 Å². The Labute approximate surface area is 96.6 Å². The molecule has 0 heterocycles. The predicted molar refractivity (Wildman–Crippen MR) is 71.9 cm³/mol. The lowest BCUT2D eigenvalue weighted by molar-refractivity contribution is 1.36. The Bertz CT molecular complexity index is 547. The molecule has 0 aromatic heterocycles. The number of benzene rings is 1. The van der Waals surface area contributed by atoms with Crippen molar-refractivity contribution in [1.29, 1.82) is 0 Å². The molecule has 0 bridgehead atoms. The third kappa shape index (κ3) is 2.51. The molecule has 1 aromatic carbocycles. The fourth-order valence-electron chi connectivity index (χ4n) is 1.44. The number of nitrogens with two attached hydrogens (primary N) is 1. The van der Waals surface area contributed by atoms with Gasteiger partial charge in [-0.2, -0.15) is 0 Å². The van der Waals surface area contributed by atoms with Crippen LogP contribution in [0.2, 0.25) is 0 Å². The van der Waals surface area contributed by atoms with E-state index in [4.69, 9.17) is 5.73 Å². The number of allylic oxidation sites excluding steroid dienone is 2. The van der Waals surface area contributed by atoms with Gasteiger partial charge in [0.05, 0.1) is 0 Å². The summed E-state index contributed by atoms with van der Waals surface area (Å²) in [6.07, 6.45) is 3.62. The van der Waals surface area contributed by atoms with Gasteiger partial charge in [0.1, 0.15) is 0 Å². The highest BCUT2D eigenvalue weighted by atomic mass is 14.6. The number of hydrogen-bond acceptors (Lipinski definition) is 1. The molecular weight excluding hydrogens is 194 g/mol. The quantitative estimate of drug-likeness (QED) is 0.759. The van der Waals surface area contributed by atoms with Crippen LogP contribution in [0.25, 0.3) is 12.3 Å². The van der Waals surface area contributed by atoms with E-state index in [-0.39, 0.29) is 0 Å². The second-order valence-electron chi connectivity index (χ2n) is 3.63. The zero-order chi connectivity index (χ0) is 12.1. The van der Waals surface area contributed by atoms with Crippen LogP contribution in [0.1, 0.15) is 6.92 Å². The van der Waals surface area contributed by atoms with Gasteiger partial charge < -0.3 is 5.73 Å². The molecule has 82 valence electrons. The van der Waals surface area contributed by atoms with E-state index in [9.17, 15) is 0 Å². The third-order valence-electron chi connectivity index (χ3n) is 2.48. The van der Waals surface area contributed by atoms with E-state index in [0.29, 0.717) is 5.70 Å². The Morgan fingerprint density at radius 3 is 2.50 bits per heavy atom. The molecule has 0 saturated carbocycles. The van der Waals surface area contributed by atoms with Crippen molar-refractivity contribution in [2.45, 2.75) is 6.92 Å². The molecule has 1 heteroatoms. The summed E-state index contributed by atoms with van der Waals surface area (Å²) >= 11 is 0. The van der Waals surface area contributed by atoms with Crippen LogP contribution in [0.5, 0.6) is 0 Å². The molecule has 0 aliphatic heterocycles. The molecule has 0 atom stereocenters. The summed E-state index contributed by atoms with van der Waals surface area (Å²) in [4.78, 5) is 0. The van der Waals surface area contributed by atoms with Gasteiger partial charge in [0.15, 0.2) is 0 Å². The lowest BCUT2D eigenvalue weighted by Gasteiger charge is -2.06. The Morgan fingerprint density at radius 2 is 1.94 bits per heavy atom. The van der Waals surface area contributed by atoms with E-state index in [1.54, 1.807) is 6.08 Å². The first-order valence-corrected chi connectivity index (χ1v) is 5.10. The van der Waals surface area contributed by atoms with Gasteiger partial charge in [0, 0.05) is 10.9 Å². The molecule has 1 rings (SSSR count). The predicted octanol–water partition coefficient (Wildman–Crippen LogP) is 1.85. The zero-order valence-electron chi connectivity index (χ0n) is 9.66. The normalized spacial score (nSPS) is 13.2. The van der Waals surface area contributed by atoms with Crippen molar-refractivity contribution < 1.29 is 0 Å². The molecule has 2 N–H and O–H groups in total. The van der Waals surface area contributed by atoms with Crippen LogP contribution < -0.4 is 16.2 Å². The summed E-state index contributed by atoms with van der Waals surface area (Å²) in [5.41, 5.74) is 8.57. The van der Waals surface area contributed by atoms with Crippen LogP contribution in [0.4, 0.5) is 0 Å². The molecule has 1 aromatic rings. The van der Waals surface area contributed by atoms with Crippen molar-refractivity contribution in [3.63, 3.8) is 0 Å². The summed E-state index contributed by atoms with van der Waals surface area (Å²) in [6.45, 7) is 13.5. The summed E-state index contributed by atoms with van der Waals surface area (Å²) in [7, 11) is 0. The lowest BCUT2D eigenvalue weighted by Crippen LogP contribution is -2.28. The minimum atomic E-state index is 0.668. The van der Waals surface area contributed by atoms with Crippen molar-refractivity contribution in [3.05, 3.63) is 71.2 Å². The van der Waals surface area contributed by atoms with Crippen LogP contribution in [0.3, 0.4) is 0 Å². The molecule has 0 radical (unpaired) electrons. The molecular formula is C15H17N. The maximum Gasteiger partial charge on any atom is 0.0463 e. The molecule has 0 aliphatic rings. The summed E-state index contributed by atoms with van der Waals surface area (Å²) in [6, 6.07) is 7.76. The van der Waals surface area contributed by atoms with Gasteiger partial charge in [-0.25, -0.2) is 0 Å². The molecule has 1 nitrogen and oxygen atoms in total. The maximum atomic E-state index is 6.07. The second-order valence-corrected chi connectivity index (χ2v) is 3.63. The van der Waals surface area contributed by atoms with Gasteiger partial charge in [-0.05, 0) is 23.3 Å². The minimum absolute atomic E-state index is 0.668. The van der Waals surface area contributed by atoms with Gasteiger partial charge in [0.25, 0.3) is 0 Å². The van der Waals surface area contributed by atoms with E-state index in [0.717, 1.165) is 21.6 Å². The zero-order valence-corrected chi connectivity index (χ0v) is 9.66. The van der Waals surface area contributed by atoms with Crippen LogP contribution in [0.15, 0.2) is 60.7 Å². The Hall–Kier alpha value is -2.02. The van der Waals surface area contributed by atoms with Crippen LogP contribution in [-0.2, 0) is 0 Å². The molecule has 0 amide bonds. The van der Waals surface area contributed by atoms with Crippen LogP contribution in [-0.4, -0.2) is 0 Å². The van der Waals surface area contributed by atoms with Crippen molar-refractivity contribution in [2.75, 3.05) is 0 Å². The summed E-state index contributed by atoms with van der Waals surface area (Å²) < 4.78 is 0. The molecule has 0 aliphatic carbocycles. The Kier molecular flexibility index (Phi) is 3.90. The Balaban J connectivity index is 3.37. The van der Waals surface area contributed by atoms with E-state index in [1.807, 2.05) is 37.3 Å². The van der Waals surface area contributed by atoms with E-state index < -0.39 is 0 Å². The van der Waals surface area contributed by atoms with E-state index in [2.05, 4.69) is 19.7 Å². The van der Waals surface area contributed by atoms with Crippen molar-refractivity contribution >= 4 is 12.3 Å². The van der Waals surface area contributed by atoms with Gasteiger partial charge in [0.2, 0.25) is 0 Å². The van der Waals surface area contributed by atoms with Gasteiger partial charge in [-0.15, -0.1) is 0 Å². The summed E-state index contributed by atoms with van der Waals surface area (Å²) in [5, 5.41) is 1.84.